The van der Waals surface area contributed by atoms with Crippen LogP contribution < -0.4 is 16.0 Å². The number of esters is 2. The van der Waals surface area contributed by atoms with Gasteiger partial charge in [-0.1, -0.05) is 52.9 Å². The van der Waals surface area contributed by atoms with Crippen LogP contribution in [-0.2, 0) is 49.3 Å². The van der Waals surface area contributed by atoms with E-state index in [2.05, 4.69) is 25.7 Å². The van der Waals surface area contributed by atoms with Gasteiger partial charge in [0.25, 0.3) is 5.91 Å². The molecule has 0 aliphatic heterocycles. The smallest absolute Gasteiger partial charge is 0.345 e. The summed E-state index contributed by atoms with van der Waals surface area (Å²) in [5, 5.41) is 8.47. The number of thiazole rings is 1. The van der Waals surface area contributed by atoms with Crippen molar-refractivity contribution in [2.24, 2.45) is 0 Å². The minimum atomic E-state index is -1.70. The van der Waals surface area contributed by atoms with Crippen molar-refractivity contribution in [3.05, 3.63) is 52.0 Å². The molecule has 45 heavy (non-hydrogen) atoms. The van der Waals surface area contributed by atoms with Crippen LogP contribution in [0.3, 0.4) is 0 Å². The van der Waals surface area contributed by atoms with Gasteiger partial charge in [-0.25, -0.2) is 9.78 Å². The van der Waals surface area contributed by atoms with Gasteiger partial charge >= 0.3 is 11.9 Å². The van der Waals surface area contributed by atoms with Gasteiger partial charge in [-0.2, -0.15) is 0 Å². The molecule has 1 aromatic heterocycles. The first-order chi connectivity index (χ1) is 21.3. The lowest BCUT2D eigenvalue weighted by Gasteiger charge is -2.31. The number of carbonyl (C=O) groups is 6. The van der Waals surface area contributed by atoms with Crippen LogP contribution in [0, 0.1) is 6.92 Å². The lowest BCUT2D eigenvalue weighted by molar-refractivity contribution is -0.171. The molecule has 14 nitrogen and oxygen atoms in total. The minimum absolute atomic E-state index is 0.0203. The molecule has 0 aliphatic carbocycles. The number of carbonyl (C=O) groups excluding carboxylic acids is 6. The number of methoxy groups -OCH3 is 2. The van der Waals surface area contributed by atoms with Crippen molar-refractivity contribution in [2.75, 3.05) is 38.5 Å². The maximum absolute atomic E-state index is 13.9. The van der Waals surface area contributed by atoms with Gasteiger partial charge in [0.2, 0.25) is 11.8 Å². The summed E-state index contributed by atoms with van der Waals surface area (Å²) in [6, 6.07) is 5.18. The number of nitrogens with zero attached hydrogens (tertiary/aromatic N) is 1. The van der Waals surface area contributed by atoms with Crippen molar-refractivity contribution in [1.82, 2.24) is 20.9 Å². The Hall–Kier alpha value is -3.48. The Morgan fingerprint density at radius 2 is 1.51 bits per heavy atom. The van der Waals surface area contributed by atoms with E-state index in [9.17, 15) is 28.8 Å². The molecule has 0 unspecified atom stereocenters. The average molecular weight is 761 g/mol. The molecular weight excluding hydrogens is 723 g/mol. The summed E-state index contributed by atoms with van der Waals surface area (Å²) in [4.78, 5) is 81.2. The topological polar surface area (TPSA) is 188 Å². The normalized spacial score (nSPS) is 14.2. The van der Waals surface area contributed by atoms with Crippen molar-refractivity contribution in [3.8, 4) is 0 Å². The van der Waals surface area contributed by atoms with Crippen LogP contribution in [0.2, 0.25) is 0 Å². The summed E-state index contributed by atoms with van der Waals surface area (Å²) in [7, 11) is 2.68. The highest BCUT2D eigenvalue weighted by Gasteiger charge is 2.42. The number of aromatic nitrogens is 1. The Morgan fingerprint density at radius 1 is 0.933 bits per heavy atom. The summed E-state index contributed by atoms with van der Waals surface area (Å²) in [5.74, 6) is -4.29. The number of amides is 3. The first kappa shape index (κ1) is 37.7. The van der Waals surface area contributed by atoms with E-state index >= 15 is 0 Å². The Morgan fingerprint density at radius 3 is 2.02 bits per heavy atom. The fourth-order valence-corrected chi connectivity index (χ4v) is 5.16. The number of ketones is 1. The monoisotopic (exact) mass is 760 g/mol. The zero-order valence-corrected chi connectivity index (χ0v) is 28.5. The highest BCUT2D eigenvalue weighted by atomic mass is 127. The summed E-state index contributed by atoms with van der Waals surface area (Å²) in [6.45, 7) is 3.11. The van der Waals surface area contributed by atoms with Gasteiger partial charge in [0.1, 0.15) is 17.0 Å². The summed E-state index contributed by atoms with van der Waals surface area (Å²) < 4.78 is 20.4. The van der Waals surface area contributed by atoms with E-state index in [0.717, 1.165) is 18.3 Å². The van der Waals surface area contributed by atoms with Gasteiger partial charge in [0, 0.05) is 25.6 Å². The van der Waals surface area contributed by atoms with Crippen LogP contribution in [0.4, 0.5) is 0 Å². The molecule has 0 bridgehead atoms. The van der Waals surface area contributed by atoms with Gasteiger partial charge in [-0.3, -0.25) is 24.0 Å². The third kappa shape index (κ3) is 12.1. The summed E-state index contributed by atoms with van der Waals surface area (Å²) in [5.41, 5.74) is -1.00. The van der Waals surface area contributed by atoms with E-state index in [4.69, 9.17) is 14.2 Å². The van der Waals surface area contributed by atoms with E-state index in [1.54, 1.807) is 37.3 Å². The average Bonchev–Trinajstić information content (AvgIpc) is 3.45. The standard InChI is InChI=1S/C29H37IN4O10S/c1-17-31-12-23(45-17)28(40)34-22(14-42-5)27(39)33-21(13-41-4)26(38)32-20(11-19-9-7-6-8-10-19)25(37)29(3,16-30)44-24(36)15-43-18(2)35/h6-10,12,20-22H,11,13-16H2,1-5H3,(H,32,38)(H,33,39)(H,34,40)/t20-,21-,22-,29+/m0/s1. The van der Waals surface area contributed by atoms with Crippen molar-refractivity contribution in [3.63, 3.8) is 0 Å². The van der Waals surface area contributed by atoms with Crippen LogP contribution >= 0.6 is 33.9 Å². The van der Waals surface area contributed by atoms with E-state index in [1.165, 1.54) is 27.3 Å². The molecule has 0 saturated heterocycles. The van der Waals surface area contributed by atoms with Gasteiger partial charge < -0.3 is 34.9 Å². The quantitative estimate of drug-likeness (QED) is 0.111. The van der Waals surface area contributed by atoms with Crippen LogP contribution in [0.5, 0.6) is 0 Å². The van der Waals surface area contributed by atoms with Crippen molar-refractivity contribution in [2.45, 2.75) is 50.9 Å². The molecule has 3 amide bonds. The third-order valence-electron chi connectivity index (χ3n) is 6.19. The number of rotatable bonds is 18. The molecule has 16 heteroatoms. The highest BCUT2D eigenvalue weighted by molar-refractivity contribution is 14.1. The number of benzene rings is 1. The van der Waals surface area contributed by atoms with Gasteiger partial charge in [0.05, 0.1) is 30.5 Å². The molecular formula is C29H37IN4O10S. The van der Waals surface area contributed by atoms with Crippen LogP contribution in [0.15, 0.2) is 36.5 Å². The second kappa shape index (κ2) is 18.5. The zero-order chi connectivity index (χ0) is 33.6. The molecule has 0 fully saturated rings. The van der Waals surface area contributed by atoms with Crippen LogP contribution in [0.25, 0.3) is 0 Å². The predicted molar refractivity (Wildman–Crippen MR) is 171 cm³/mol. The number of nitrogens with one attached hydrogen (secondary N) is 3. The lowest BCUT2D eigenvalue weighted by atomic mass is 9.92. The van der Waals surface area contributed by atoms with Crippen LogP contribution in [0.1, 0.15) is 34.1 Å². The number of aryl methyl sites for hydroxylation is 1. The fourth-order valence-electron chi connectivity index (χ4n) is 3.95. The maximum Gasteiger partial charge on any atom is 0.345 e. The molecule has 2 rings (SSSR count). The largest absolute Gasteiger partial charge is 0.454 e. The number of halogens is 1. The lowest BCUT2D eigenvalue weighted by Crippen LogP contribution is -2.60. The Bertz CT molecular complexity index is 1340. The van der Waals surface area contributed by atoms with E-state index in [0.29, 0.717) is 15.4 Å². The highest BCUT2D eigenvalue weighted by Crippen LogP contribution is 2.21. The van der Waals surface area contributed by atoms with Crippen molar-refractivity contribution < 1.29 is 47.7 Å². The molecule has 1 aromatic carbocycles. The molecule has 0 aliphatic rings. The second-order valence-electron chi connectivity index (χ2n) is 9.98. The summed E-state index contributed by atoms with van der Waals surface area (Å²) in [6.07, 6.45) is 1.42. The molecule has 0 radical (unpaired) electrons. The molecule has 4 atom stereocenters. The first-order valence-electron chi connectivity index (χ1n) is 13.6. The van der Waals surface area contributed by atoms with Gasteiger partial charge in [0.15, 0.2) is 18.0 Å². The Kier molecular flexibility index (Phi) is 15.5. The predicted octanol–water partition coefficient (Wildman–Crippen LogP) is 0.924. The zero-order valence-electron chi connectivity index (χ0n) is 25.5. The Balaban J connectivity index is 2.27. The molecule has 3 N–H and O–H groups in total. The van der Waals surface area contributed by atoms with Crippen LogP contribution in [-0.4, -0.2) is 103 Å². The number of alkyl halides is 1. The minimum Gasteiger partial charge on any atom is -0.454 e. The number of hydrogen-bond donors (Lipinski definition) is 3. The molecule has 0 saturated carbocycles. The first-order valence-corrected chi connectivity index (χ1v) is 16.0. The molecule has 2 aromatic rings. The van der Waals surface area contributed by atoms with Crippen molar-refractivity contribution in [1.29, 1.82) is 0 Å². The van der Waals surface area contributed by atoms with Gasteiger partial charge in [-0.15, -0.1) is 11.3 Å². The Labute approximate surface area is 278 Å². The molecule has 0 spiro atoms. The maximum atomic E-state index is 13.9. The van der Waals surface area contributed by atoms with E-state index in [1.807, 2.05) is 22.6 Å². The number of Topliss-reactive ketones (excluding diaryl/α,β-unsaturated/α-hetero) is 1. The number of ether oxygens (including phenoxy) is 4. The number of hydrogen-bond acceptors (Lipinski definition) is 12. The summed E-state index contributed by atoms with van der Waals surface area (Å²) >= 11 is 3.03. The van der Waals surface area contributed by atoms with Gasteiger partial charge in [-0.05, 0) is 25.8 Å². The second-order valence-corrected chi connectivity index (χ2v) is 12.0. The molecule has 1 heterocycles. The fraction of sp³-hybridized carbons (Fsp3) is 0.483. The van der Waals surface area contributed by atoms with Crippen molar-refractivity contribution >= 4 is 69.4 Å². The SMILES string of the molecule is COC[C@H](NC(=O)c1cnc(C)s1)C(=O)N[C@@H](COC)C(=O)N[C@@H](Cc1ccccc1)C(=O)[C@@](C)(CI)OC(=O)COC(C)=O. The van der Waals surface area contributed by atoms with E-state index in [-0.39, 0.29) is 24.1 Å². The molecule has 246 valence electrons. The van der Waals surface area contributed by atoms with E-state index < -0.39 is 65.8 Å². The third-order valence-corrected chi connectivity index (χ3v) is 8.56.